The fourth-order valence-corrected chi connectivity index (χ4v) is 6.90. The zero-order valence-electron chi connectivity index (χ0n) is 25.3. The Kier molecular flexibility index (Phi) is 8.69. The summed E-state index contributed by atoms with van der Waals surface area (Å²) in [6.07, 6.45) is 3.82. The summed E-state index contributed by atoms with van der Waals surface area (Å²) < 4.78 is 5.81. The molecule has 2 unspecified atom stereocenters. The number of fused-ring (bicyclic) bond motifs is 4. The van der Waals surface area contributed by atoms with Gasteiger partial charge in [0.05, 0.1) is 0 Å². The number of carbonyl (C=O) groups is 4. The highest BCUT2D eigenvalue weighted by Crippen LogP contribution is 2.44. The molecule has 1 aliphatic heterocycles. The summed E-state index contributed by atoms with van der Waals surface area (Å²) in [6.45, 7) is 2.24. The maximum Gasteiger partial charge on any atom is 0.407 e. The van der Waals surface area contributed by atoms with E-state index in [9.17, 15) is 19.2 Å². The Labute approximate surface area is 262 Å². The van der Waals surface area contributed by atoms with Gasteiger partial charge in [-0.2, -0.15) is 0 Å². The zero-order valence-corrected chi connectivity index (χ0v) is 25.3. The molecule has 3 atom stereocenters. The number of hydrogen-bond acceptors (Lipinski definition) is 5. The molecule has 2 aliphatic carbocycles. The van der Waals surface area contributed by atoms with Gasteiger partial charge in [0, 0.05) is 18.9 Å². The number of carbonyl (C=O) groups excluding carboxylic acids is 4. The van der Waals surface area contributed by atoms with Crippen LogP contribution in [0.15, 0.2) is 78.9 Å². The molecular formula is C36H38N4O5. The highest BCUT2D eigenvalue weighted by Gasteiger charge is 2.39. The summed E-state index contributed by atoms with van der Waals surface area (Å²) in [5.74, 6) is -1.52. The summed E-state index contributed by atoms with van der Waals surface area (Å²) in [6, 6.07) is 21.7. The first-order valence-electron chi connectivity index (χ1n) is 15.6. The Hall–Kier alpha value is -4.92. The lowest BCUT2D eigenvalue weighted by Gasteiger charge is -2.30. The molecule has 9 nitrogen and oxygen atoms in total. The first-order valence-corrected chi connectivity index (χ1v) is 15.6. The van der Waals surface area contributed by atoms with Crippen molar-refractivity contribution >= 4 is 29.4 Å². The van der Waals surface area contributed by atoms with Crippen LogP contribution in [0.1, 0.15) is 60.8 Å². The van der Waals surface area contributed by atoms with Crippen molar-refractivity contribution in [3.63, 3.8) is 0 Å². The molecule has 0 saturated carbocycles. The average Bonchev–Trinajstić information content (AvgIpc) is 3.78. The summed E-state index contributed by atoms with van der Waals surface area (Å²) in [5.41, 5.74) is 13.1. The van der Waals surface area contributed by atoms with Crippen LogP contribution in [0.5, 0.6) is 0 Å². The van der Waals surface area contributed by atoms with Crippen LogP contribution >= 0.6 is 0 Å². The Morgan fingerprint density at radius 3 is 2.20 bits per heavy atom. The van der Waals surface area contributed by atoms with Crippen LogP contribution < -0.4 is 16.4 Å². The van der Waals surface area contributed by atoms with Crippen molar-refractivity contribution in [1.29, 1.82) is 0 Å². The lowest BCUT2D eigenvalue weighted by molar-refractivity contribution is -0.140. The third kappa shape index (κ3) is 6.07. The number of hydrogen-bond donors (Lipinski definition) is 3. The predicted octanol–water partition coefficient (Wildman–Crippen LogP) is 4.29. The van der Waals surface area contributed by atoms with E-state index in [-0.39, 0.29) is 24.9 Å². The van der Waals surface area contributed by atoms with E-state index in [4.69, 9.17) is 10.5 Å². The quantitative estimate of drug-likeness (QED) is 0.317. The van der Waals surface area contributed by atoms with Crippen molar-refractivity contribution < 1.29 is 23.9 Å². The molecule has 0 aromatic heterocycles. The largest absolute Gasteiger partial charge is 0.449 e. The van der Waals surface area contributed by atoms with E-state index < -0.39 is 36.0 Å². The molecule has 4 N–H and O–H groups in total. The number of ether oxygens (including phenoxy) is 1. The average molecular weight is 607 g/mol. The number of nitrogens with two attached hydrogens (primary N) is 1. The van der Waals surface area contributed by atoms with Crippen molar-refractivity contribution in [2.75, 3.05) is 13.2 Å². The van der Waals surface area contributed by atoms with Crippen molar-refractivity contribution in [3.8, 4) is 11.1 Å². The lowest BCUT2D eigenvalue weighted by Crippen LogP contribution is -2.55. The fraction of sp³-hybridized carbons (Fsp3) is 0.333. The van der Waals surface area contributed by atoms with Gasteiger partial charge >= 0.3 is 6.09 Å². The predicted molar refractivity (Wildman–Crippen MR) is 171 cm³/mol. The molecule has 4 amide bonds. The summed E-state index contributed by atoms with van der Waals surface area (Å²) in [4.78, 5) is 54.0. The molecular weight excluding hydrogens is 568 g/mol. The van der Waals surface area contributed by atoms with Crippen LogP contribution in [-0.4, -0.2) is 60.0 Å². The number of nitrogens with zero attached hydrogens (tertiary/aromatic N) is 1. The second-order valence-electron chi connectivity index (χ2n) is 11.9. The normalized spacial score (nSPS) is 17.8. The topological polar surface area (TPSA) is 131 Å². The van der Waals surface area contributed by atoms with Crippen LogP contribution in [0.2, 0.25) is 0 Å². The SMILES string of the molecule is CC[C@H](NC(=O)C1CCCN1C(=O)C(CC1=CCc2ccccc21)NC(=O)OCC1c2ccccc2-c2ccccc21)C(N)=O. The highest BCUT2D eigenvalue weighted by atomic mass is 16.5. The van der Waals surface area contributed by atoms with Gasteiger partial charge in [0.15, 0.2) is 0 Å². The van der Waals surface area contributed by atoms with Crippen LogP contribution in [-0.2, 0) is 25.5 Å². The molecule has 6 rings (SSSR count). The highest BCUT2D eigenvalue weighted by molar-refractivity contribution is 5.95. The number of nitrogens with one attached hydrogen (secondary N) is 2. The molecule has 1 fully saturated rings. The first kappa shape index (κ1) is 30.1. The third-order valence-corrected chi connectivity index (χ3v) is 9.20. The van der Waals surface area contributed by atoms with E-state index in [1.54, 1.807) is 6.92 Å². The van der Waals surface area contributed by atoms with Gasteiger partial charge in [-0.05, 0) is 64.6 Å². The number of amides is 4. The van der Waals surface area contributed by atoms with Crippen LogP contribution in [0.3, 0.4) is 0 Å². The summed E-state index contributed by atoms with van der Waals surface area (Å²) in [5, 5.41) is 5.55. The Morgan fingerprint density at radius 2 is 1.53 bits per heavy atom. The van der Waals surface area contributed by atoms with Crippen LogP contribution in [0.25, 0.3) is 16.7 Å². The third-order valence-electron chi connectivity index (χ3n) is 9.20. The smallest absolute Gasteiger partial charge is 0.407 e. The molecule has 45 heavy (non-hydrogen) atoms. The van der Waals surface area contributed by atoms with Gasteiger partial charge in [0.1, 0.15) is 24.7 Å². The monoisotopic (exact) mass is 606 g/mol. The van der Waals surface area contributed by atoms with E-state index in [1.165, 1.54) is 4.90 Å². The molecule has 3 aromatic carbocycles. The molecule has 9 heteroatoms. The molecule has 0 bridgehead atoms. The Balaban J connectivity index is 1.20. The molecule has 0 spiro atoms. The number of benzene rings is 3. The maximum atomic E-state index is 14.1. The second-order valence-corrected chi connectivity index (χ2v) is 11.9. The van der Waals surface area contributed by atoms with Gasteiger partial charge in [0.2, 0.25) is 17.7 Å². The van der Waals surface area contributed by atoms with Crippen LogP contribution in [0.4, 0.5) is 4.79 Å². The van der Waals surface area contributed by atoms with Crippen molar-refractivity contribution in [1.82, 2.24) is 15.5 Å². The molecule has 3 aromatic rings. The van der Waals surface area contributed by atoms with Gasteiger partial charge in [-0.1, -0.05) is 85.8 Å². The summed E-state index contributed by atoms with van der Waals surface area (Å²) in [7, 11) is 0. The molecule has 0 radical (unpaired) electrons. The standard InChI is InChI=1S/C36H38N4O5/c1-2-30(33(37)41)38-34(42)32-16-9-19-40(32)35(43)31(20-23-18-17-22-10-3-4-11-24(22)23)39-36(44)45-21-29-27-14-7-5-12-25(27)26-13-6-8-15-28(26)29/h3-8,10-15,18,29-32H,2,9,16-17,19-21H2,1H3,(H2,37,41)(H,38,42)(H,39,44)/t30-,31?,32?/m0/s1. The van der Waals surface area contributed by atoms with Crippen molar-refractivity contribution in [3.05, 3.63) is 101 Å². The molecule has 1 saturated heterocycles. The van der Waals surface area contributed by atoms with E-state index in [0.29, 0.717) is 25.8 Å². The van der Waals surface area contributed by atoms with Crippen LogP contribution in [0, 0.1) is 0 Å². The molecule has 3 aliphatic rings. The minimum absolute atomic E-state index is 0.118. The van der Waals surface area contributed by atoms with Gasteiger partial charge in [-0.25, -0.2) is 4.79 Å². The van der Waals surface area contributed by atoms with Crippen molar-refractivity contribution in [2.45, 2.75) is 63.1 Å². The second kappa shape index (κ2) is 13.0. The number of rotatable bonds is 10. The van der Waals surface area contributed by atoms with Gasteiger partial charge < -0.3 is 26.0 Å². The van der Waals surface area contributed by atoms with Crippen molar-refractivity contribution in [2.24, 2.45) is 5.73 Å². The number of primary amides is 1. The number of likely N-dealkylation sites (tertiary alicyclic amines) is 1. The zero-order chi connectivity index (χ0) is 31.5. The minimum Gasteiger partial charge on any atom is -0.449 e. The Bertz CT molecular complexity index is 1620. The van der Waals surface area contributed by atoms with Gasteiger partial charge in [-0.15, -0.1) is 0 Å². The molecule has 1 heterocycles. The minimum atomic E-state index is -0.954. The number of allylic oxidation sites excluding steroid dienone is 1. The van der Waals surface area contributed by atoms with E-state index in [1.807, 2.05) is 42.5 Å². The molecule has 232 valence electrons. The van der Waals surface area contributed by atoms with Gasteiger partial charge in [-0.3, -0.25) is 14.4 Å². The summed E-state index contributed by atoms with van der Waals surface area (Å²) >= 11 is 0. The number of alkyl carbamates (subject to hydrolysis) is 1. The first-order chi connectivity index (χ1) is 21.9. The Morgan fingerprint density at radius 1 is 0.889 bits per heavy atom. The van der Waals surface area contributed by atoms with E-state index >= 15 is 0 Å². The van der Waals surface area contributed by atoms with Gasteiger partial charge in [0.25, 0.3) is 0 Å². The van der Waals surface area contributed by atoms with E-state index in [0.717, 1.165) is 45.4 Å². The maximum absolute atomic E-state index is 14.1. The van der Waals surface area contributed by atoms with E-state index in [2.05, 4.69) is 47.0 Å². The fourth-order valence-electron chi connectivity index (χ4n) is 6.90. The lowest BCUT2D eigenvalue weighted by atomic mass is 9.98.